The highest BCUT2D eigenvalue weighted by atomic mass is 32.1. The minimum Gasteiger partial charge on any atom is -0.364 e. The van der Waals surface area contributed by atoms with Gasteiger partial charge in [-0.25, -0.2) is 0 Å². The van der Waals surface area contributed by atoms with Crippen LogP contribution in [-0.4, -0.2) is 35.2 Å². The molecule has 0 N–H and O–H groups in total. The molecule has 0 saturated carbocycles. The third-order valence-corrected chi connectivity index (χ3v) is 3.24. The molecule has 0 aliphatic carbocycles. The molecule has 0 bridgehead atoms. The van der Waals surface area contributed by atoms with Crippen molar-refractivity contribution in [1.82, 2.24) is 4.90 Å². The van der Waals surface area contributed by atoms with Gasteiger partial charge < -0.3 is 4.90 Å². The molecule has 3 heteroatoms. The lowest BCUT2D eigenvalue weighted by Gasteiger charge is -2.32. The van der Waals surface area contributed by atoms with Crippen LogP contribution in [0.5, 0.6) is 0 Å². The highest BCUT2D eigenvalue weighted by Crippen LogP contribution is 2.08. The van der Waals surface area contributed by atoms with Gasteiger partial charge in [-0.15, -0.1) is 0 Å². The van der Waals surface area contributed by atoms with Crippen molar-refractivity contribution in [3.05, 3.63) is 35.9 Å². The first kappa shape index (κ1) is 11.3. The van der Waals surface area contributed by atoms with E-state index in [1.54, 1.807) is 0 Å². The molecule has 1 saturated heterocycles. The predicted molar refractivity (Wildman–Crippen MR) is 72.3 cm³/mol. The molecule has 1 heterocycles. The minimum absolute atomic E-state index is 0.649. The fourth-order valence-corrected chi connectivity index (χ4v) is 1.87. The average Bonchev–Trinajstić information content (AvgIpc) is 2.25. The summed E-state index contributed by atoms with van der Waals surface area (Å²) in [5, 5.41) is 0. The smallest absolute Gasteiger partial charge is 0.0997 e. The van der Waals surface area contributed by atoms with E-state index in [0.717, 1.165) is 23.8 Å². The number of rotatable bonds is 3. The number of likely N-dealkylation sites (tertiary alicyclic amines) is 1. The second-order valence-corrected chi connectivity index (χ2v) is 4.47. The second kappa shape index (κ2) is 5.21. The van der Waals surface area contributed by atoms with E-state index >= 15 is 0 Å². The number of benzene rings is 1. The number of nitrogens with zero attached hydrogens (tertiary/aromatic N) is 2. The summed E-state index contributed by atoms with van der Waals surface area (Å²) in [5.41, 5.74) is 2.23. The number of hydrogen-bond donors (Lipinski definition) is 0. The summed E-state index contributed by atoms with van der Waals surface area (Å²) in [5.74, 6) is 0. The van der Waals surface area contributed by atoms with Crippen molar-refractivity contribution in [2.24, 2.45) is 4.99 Å². The minimum atomic E-state index is 0.649. The van der Waals surface area contributed by atoms with Crippen LogP contribution in [0.15, 0.2) is 35.3 Å². The first-order valence-corrected chi connectivity index (χ1v) is 6.02. The highest BCUT2D eigenvalue weighted by molar-refractivity contribution is 7.80. The summed E-state index contributed by atoms with van der Waals surface area (Å²) in [6, 6.07) is 10.2. The lowest BCUT2D eigenvalue weighted by atomic mass is 10.1. The van der Waals surface area contributed by atoms with Crippen molar-refractivity contribution in [1.29, 1.82) is 0 Å². The maximum absolute atomic E-state index is 5.31. The molecule has 1 fully saturated rings. The van der Waals surface area contributed by atoms with Gasteiger partial charge in [0.1, 0.15) is 0 Å². The standard InChI is InChI=1S/C13H16N2S/c1-11(12-6-3-2-4-7-12)14-10-13(16)15-8-5-9-15/h2-4,6-7H,5,8-10H2,1H3. The van der Waals surface area contributed by atoms with Gasteiger partial charge in [-0.1, -0.05) is 42.5 Å². The Morgan fingerprint density at radius 2 is 2.00 bits per heavy atom. The topological polar surface area (TPSA) is 15.6 Å². The van der Waals surface area contributed by atoms with E-state index in [4.69, 9.17) is 12.2 Å². The Morgan fingerprint density at radius 3 is 2.56 bits per heavy atom. The number of hydrogen-bond acceptors (Lipinski definition) is 2. The summed E-state index contributed by atoms with van der Waals surface area (Å²) in [7, 11) is 0. The van der Waals surface area contributed by atoms with Gasteiger partial charge >= 0.3 is 0 Å². The van der Waals surface area contributed by atoms with Crippen molar-refractivity contribution in [3.63, 3.8) is 0 Å². The van der Waals surface area contributed by atoms with Crippen molar-refractivity contribution >= 4 is 22.9 Å². The molecule has 1 aliphatic rings. The van der Waals surface area contributed by atoms with Crippen LogP contribution < -0.4 is 0 Å². The third kappa shape index (κ3) is 2.67. The van der Waals surface area contributed by atoms with Gasteiger partial charge in [0.15, 0.2) is 0 Å². The molecule has 2 nitrogen and oxygen atoms in total. The SMILES string of the molecule is CC(=NCC(=S)N1CCC1)c1ccccc1. The Kier molecular flexibility index (Phi) is 3.67. The van der Waals surface area contributed by atoms with Crippen LogP contribution in [0.4, 0.5) is 0 Å². The van der Waals surface area contributed by atoms with Crippen LogP contribution in [0.3, 0.4) is 0 Å². The molecule has 1 aromatic rings. The Balaban J connectivity index is 1.94. The fourth-order valence-electron chi connectivity index (χ4n) is 1.62. The molecule has 1 aromatic carbocycles. The van der Waals surface area contributed by atoms with Gasteiger partial charge in [-0.05, 0) is 18.9 Å². The molecule has 0 spiro atoms. The van der Waals surface area contributed by atoms with E-state index < -0.39 is 0 Å². The summed E-state index contributed by atoms with van der Waals surface area (Å²) in [4.78, 5) is 7.72. The molecule has 0 atom stereocenters. The van der Waals surface area contributed by atoms with Crippen LogP contribution >= 0.6 is 12.2 Å². The lowest BCUT2D eigenvalue weighted by Crippen LogP contribution is -2.42. The maximum atomic E-state index is 5.31. The molecular formula is C13H16N2S. The normalized spacial score (nSPS) is 15.8. The van der Waals surface area contributed by atoms with Crippen molar-refractivity contribution in [2.45, 2.75) is 13.3 Å². The van der Waals surface area contributed by atoms with Crippen LogP contribution in [0, 0.1) is 0 Å². The van der Waals surface area contributed by atoms with E-state index in [1.165, 1.54) is 12.0 Å². The molecule has 0 unspecified atom stereocenters. The number of aliphatic imine (C=N–C) groups is 1. The van der Waals surface area contributed by atoms with E-state index in [2.05, 4.69) is 22.0 Å². The third-order valence-electron chi connectivity index (χ3n) is 2.85. The molecular weight excluding hydrogens is 216 g/mol. The average molecular weight is 232 g/mol. The van der Waals surface area contributed by atoms with Crippen molar-refractivity contribution in [3.8, 4) is 0 Å². The van der Waals surface area contributed by atoms with Gasteiger partial charge in [0.2, 0.25) is 0 Å². The van der Waals surface area contributed by atoms with Crippen LogP contribution in [0.1, 0.15) is 18.9 Å². The molecule has 2 rings (SSSR count). The summed E-state index contributed by atoms with van der Waals surface area (Å²) >= 11 is 5.31. The van der Waals surface area contributed by atoms with Crippen molar-refractivity contribution < 1.29 is 0 Å². The molecule has 1 aliphatic heterocycles. The van der Waals surface area contributed by atoms with Gasteiger partial charge in [-0.3, -0.25) is 4.99 Å². The zero-order valence-electron chi connectivity index (χ0n) is 9.52. The molecule has 16 heavy (non-hydrogen) atoms. The monoisotopic (exact) mass is 232 g/mol. The fraction of sp³-hybridized carbons (Fsp3) is 0.385. The lowest BCUT2D eigenvalue weighted by molar-refractivity contribution is 0.302. The second-order valence-electron chi connectivity index (χ2n) is 4.00. The van der Waals surface area contributed by atoms with E-state index in [0.29, 0.717) is 6.54 Å². The Labute approximate surface area is 102 Å². The van der Waals surface area contributed by atoms with E-state index in [9.17, 15) is 0 Å². The van der Waals surface area contributed by atoms with Crippen LogP contribution in [-0.2, 0) is 0 Å². The van der Waals surface area contributed by atoms with E-state index in [-0.39, 0.29) is 0 Å². The summed E-state index contributed by atoms with van der Waals surface area (Å²) < 4.78 is 0. The van der Waals surface area contributed by atoms with Crippen LogP contribution in [0.2, 0.25) is 0 Å². The first-order chi connectivity index (χ1) is 7.77. The molecule has 84 valence electrons. The predicted octanol–water partition coefficient (Wildman–Crippen LogP) is 2.53. The summed E-state index contributed by atoms with van der Waals surface area (Å²) in [6.45, 7) is 4.90. The van der Waals surface area contributed by atoms with Gasteiger partial charge in [-0.2, -0.15) is 0 Å². The molecule has 0 amide bonds. The first-order valence-electron chi connectivity index (χ1n) is 5.61. The summed E-state index contributed by atoms with van der Waals surface area (Å²) in [6.07, 6.45) is 1.27. The maximum Gasteiger partial charge on any atom is 0.0997 e. The Hall–Kier alpha value is -1.22. The zero-order chi connectivity index (χ0) is 11.4. The number of thiocarbonyl (C=S) groups is 1. The Bertz CT molecular complexity index is 394. The quantitative estimate of drug-likeness (QED) is 0.588. The van der Waals surface area contributed by atoms with Gasteiger partial charge in [0, 0.05) is 18.8 Å². The zero-order valence-corrected chi connectivity index (χ0v) is 10.3. The molecule has 0 radical (unpaired) electrons. The van der Waals surface area contributed by atoms with Gasteiger partial charge in [0.05, 0.1) is 11.5 Å². The Morgan fingerprint density at radius 1 is 1.31 bits per heavy atom. The molecule has 0 aromatic heterocycles. The van der Waals surface area contributed by atoms with Crippen molar-refractivity contribution in [2.75, 3.05) is 19.6 Å². The van der Waals surface area contributed by atoms with E-state index in [1.807, 2.05) is 25.1 Å². The highest BCUT2D eigenvalue weighted by Gasteiger charge is 2.15. The van der Waals surface area contributed by atoms with Gasteiger partial charge in [0.25, 0.3) is 0 Å². The largest absolute Gasteiger partial charge is 0.364 e. The van der Waals surface area contributed by atoms with Crippen LogP contribution in [0.25, 0.3) is 0 Å².